The first-order valence-corrected chi connectivity index (χ1v) is 10.8. The molecule has 0 saturated carbocycles. The molecule has 0 amide bonds. The third kappa shape index (κ3) is 4.38. The lowest BCUT2D eigenvalue weighted by Gasteiger charge is -2.35. The summed E-state index contributed by atoms with van der Waals surface area (Å²) in [6.07, 6.45) is 0. The van der Waals surface area contributed by atoms with E-state index in [2.05, 4.69) is 14.7 Å². The maximum absolute atomic E-state index is 13.0. The number of nitrogens with zero attached hydrogens (tertiary/aromatic N) is 3. The summed E-state index contributed by atoms with van der Waals surface area (Å²) in [7, 11) is -0.300. The normalized spacial score (nSPS) is 16.9. The van der Waals surface area contributed by atoms with Crippen LogP contribution in [-0.2, 0) is 21.8 Å². The summed E-state index contributed by atoms with van der Waals surface area (Å²) in [6.45, 7) is 6.53. The monoisotopic (exact) mass is 408 g/mol. The summed E-state index contributed by atoms with van der Waals surface area (Å²) in [6, 6.07) is 7.66. The maximum Gasteiger partial charge on any atom is 0.244 e. The van der Waals surface area contributed by atoms with Crippen molar-refractivity contribution in [1.29, 1.82) is 0 Å². The van der Waals surface area contributed by atoms with Gasteiger partial charge in [-0.05, 0) is 31.5 Å². The van der Waals surface area contributed by atoms with Crippen LogP contribution in [0, 0.1) is 13.8 Å². The van der Waals surface area contributed by atoms with E-state index in [1.165, 1.54) is 0 Å². The number of sulfonamides is 1. The van der Waals surface area contributed by atoms with Crippen molar-refractivity contribution in [2.45, 2.75) is 24.8 Å². The summed E-state index contributed by atoms with van der Waals surface area (Å²) < 4.78 is 41.0. The summed E-state index contributed by atoms with van der Waals surface area (Å²) in [5, 5.41) is 4.23. The highest BCUT2D eigenvalue weighted by Gasteiger charge is 2.28. The average molecular weight is 409 g/mol. The molecule has 9 heteroatoms. The number of morpholine rings is 1. The molecule has 1 fully saturated rings. The Morgan fingerprint density at radius 1 is 1.21 bits per heavy atom. The number of hydrogen-bond donors (Lipinski definition) is 1. The van der Waals surface area contributed by atoms with Crippen molar-refractivity contribution in [1.82, 2.24) is 19.4 Å². The summed E-state index contributed by atoms with van der Waals surface area (Å²) >= 11 is 0. The van der Waals surface area contributed by atoms with E-state index < -0.39 is 10.0 Å². The van der Waals surface area contributed by atoms with Gasteiger partial charge in [-0.2, -0.15) is 5.10 Å². The van der Waals surface area contributed by atoms with Crippen LogP contribution in [0.4, 0.5) is 0 Å². The lowest BCUT2D eigenvalue weighted by atomic mass is 10.0. The van der Waals surface area contributed by atoms with Crippen LogP contribution in [0.25, 0.3) is 0 Å². The van der Waals surface area contributed by atoms with Crippen molar-refractivity contribution in [2.75, 3.05) is 40.0 Å². The molecule has 1 saturated heterocycles. The Labute approximate surface area is 166 Å². The number of methoxy groups -OCH3 is 1. The predicted molar refractivity (Wildman–Crippen MR) is 106 cm³/mol. The third-order valence-electron chi connectivity index (χ3n) is 5.17. The van der Waals surface area contributed by atoms with Crippen LogP contribution in [0.2, 0.25) is 0 Å². The van der Waals surface area contributed by atoms with Gasteiger partial charge in [-0.25, -0.2) is 13.1 Å². The quantitative estimate of drug-likeness (QED) is 0.745. The summed E-state index contributed by atoms with van der Waals surface area (Å²) in [5.74, 6) is 0.770. The van der Waals surface area contributed by atoms with Crippen LogP contribution < -0.4 is 9.46 Å². The van der Waals surface area contributed by atoms with Gasteiger partial charge in [0.2, 0.25) is 10.0 Å². The van der Waals surface area contributed by atoms with Gasteiger partial charge < -0.3 is 9.47 Å². The smallest absolute Gasteiger partial charge is 0.244 e. The lowest BCUT2D eigenvalue weighted by Crippen LogP contribution is -2.43. The van der Waals surface area contributed by atoms with E-state index in [0.29, 0.717) is 24.6 Å². The van der Waals surface area contributed by atoms with Crippen LogP contribution in [0.3, 0.4) is 0 Å². The van der Waals surface area contributed by atoms with Gasteiger partial charge >= 0.3 is 0 Å². The van der Waals surface area contributed by atoms with Gasteiger partial charge in [-0.3, -0.25) is 9.58 Å². The number of hydrogen-bond acceptors (Lipinski definition) is 6. The lowest BCUT2D eigenvalue weighted by molar-refractivity contribution is 0.0172. The zero-order chi connectivity index (χ0) is 20.3. The van der Waals surface area contributed by atoms with Gasteiger partial charge in [-0.1, -0.05) is 12.1 Å². The van der Waals surface area contributed by atoms with Gasteiger partial charge in [-0.15, -0.1) is 0 Å². The molecule has 0 spiro atoms. The second kappa shape index (κ2) is 8.60. The van der Waals surface area contributed by atoms with Crippen LogP contribution in [0.5, 0.6) is 5.75 Å². The SMILES string of the molecule is COc1ccc(C(CNS(=O)(=O)c2c(C)nn(C)c2C)N2CCOCC2)cc1. The molecule has 0 aliphatic carbocycles. The van der Waals surface area contributed by atoms with Crippen molar-refractivity contribution in [3.63, 3.8) is 0 Å². The minimum absolute atomic E-state index is 0.0955. The molecule has 3 rings (SSSR count). The molecular weight excluding hydrogens is 380 g/mol. The first-order valence-electron chi connectivity index (χ1n) is 9.29. The van der Waals surface area contributed by atoms with Crippen molar-refractivity contribution < 1.29 is 17.9 Å². The number of rotatable bonds is 7. The first-order chi connectivity index (χ1) is 13.3. The third-order valence-corrected chi connectivity index (χ3v) is 6.84. The van der Waals surface area contributed by atoms with E-state index >= 15 is 0 Å². The molecule has 0 radical (unpaired) electrons. The topological polar surface area (TPSA) is 85.7 Å². The number of aromatic nitrogens is 2. The van der Waals surface area contributed by atoms with Crippen molar-refractivity contribution in [3.05, 3.63) is 41.2 Å². The van der Waals surface area contributed by atoms with Crippen molar-refractivity contribution in [3.8, 4) is 5.75 Å². The Balaban J connectivity index is 1.84. The molecule has 154 valence electrons. The molecule has 28 heavy (non-hydrogen) atoms. The Hall–Kier alpha value is -1.94. The van der Waals surface area contributed by atoms with Crippen molar-refractivity contribution in [2.24, 2.45) is 7.05 Å². The van der Waals surface area contributed by atoms with E-state index in [9.17, 15) is 8.42 Å². The highest BCUT2D eigenvalue weighted by Crippen LogP contribution is 2.25. The van der Waals surface area contributed by atoms with Crippen molar-refractivity contribution >= 4 is 10.0 Å². The zero-order valence-corrected chi connectivity index (χ0v) is 17.6. The maximum atomic E-state index is 13.0. The Morgan fingerprint density at radius 3 is 2.39 bits per heavy atom. The Kier molecular flexibility index (Phi) is 6.39. The van der Waals surface area contributed by atoms with E-state index in [1.807, 2.05) is 24.3 Å². The fourth-order valence-electron chi connectivity index (χ4n) is 3.58. The predicted octanol–water partition coefficient (Wildman–Crippen LogP) is 1.40. The van der Waals surface area contributed by atoms with Crippen LogP contribution in [0.1, 0.15) is 23.0 Å². The number of aryl methyl sites for hydroxylation is 2. The molecular formula is C19H28N4O4S. The molecule has 2 aromatic rings. The molecule has 1 unspecified atom stereocenters. The zero-order valence-electron chi connectivity index (χ0n) is 16.8. The van der Waals surface area contributed by atoms with E-state index in [1.54, 1.807) is 32.7 Å². The molecule has 1 aromatic heterocycles. The highest BCUT2D eigenvalue weighted by atomic mass is 32.2. The van der Waals surface area contributed by atoms with Gasteiger partial charge in [0.05, 0.1) is 31.7 Å². The first kappa shape index (κ1) is 20.8. The van der Waals surface area contributed by atoms with Crippen LogP contribution in [0.15, 0.2) is 29.2 Å². The second-order valence-corrected chi connectivity index (χ2v) is 8.62. The van der Waals surface area contributed by atoms with E-state index in [0.717, 1.165) is 24.4 Å². The highest BCUT2D eigenvalue weighted by molar-refractivity contribution is 7.89. The molecule has 1 N–H and O–H groups in total. The summed E-state index contributed by atoms with van der Waals surface area (Å²) in [4.78, 5) is 2.50. The fraction of sp³-hybridized carbons (Fsp3) is 0.526. The van der Waals surface area contributed by atoms with Gasteiger partial charge in [0, 0.05) is 32.7 Å². The molecule has 0 bridgehead atoms. The minimum Gasteiger partial charge on any atom is -0.497 e. The van der Waals surface area contributed by atoms with Gasteiger partial charge in [0.15, 0.2) is 0 Å². The average Bonchev–Trinajstić information content (AvgIpc) is 2.95. The molecule has 8 nitrogen and oxygen atoms in total. The Morgan fingerprint density at radius 2 is 1.86 bits per heavy atom. The van der Waals surface area contributed by atoms with Crippen LogP contribution in [-0.4, -0.2) is 63.1 Å². The van der Waals surface area contributed by atoms with E-state index in [4.69, 9.17) is 9.47 Å². The standard InChI is InChI=1S/C19H28N4O4S/c1-14-19(15(2)22(3)21-14)28(24,25)20-13-18(23-9-11-27-12-10-23)16-5-7-17(26-4)8-6-16/h5-8,18,20H,9-13H2,1-4H3. The number of benzene rings is 1. The largest absolute Gasteiger partial charge is 0.497 e. The molecule has 1 atom stereocenters. The number of nitrogens with one attached hydrogen (secondary N) is 1. The van der Waals surface area contributed by atoms with Gasteiger partial charge in [0.1, 0.15) is 10.6 Å². The number of ether oxygens (including phenoxy) is 2. The molecule has 1 aromatic carbocycles. The van der Waals surface area contributed by atoms with Gasteiger partial charge in [0.25, 0.3) is 0 Å². The Bertz CT molecular complexity index is 903. The molecule has 1 aliphatic rings. The molecule has 1 aliphatic heterocycles. The van der Waals surface area contributed by atoms with Crippen LogP contribution >= 0.6 is 0 Å². The fourth-order valence-corrected chi connectivity index (χ4v) is 5.05. The molecule has 2 heterocycles. The van der Waals surface area contributed by atoms with E-state index in [-0.39, 0.29) is 17.5 Å². The second-order valence-electron chi connectivity index (χ2n) is 6.91. The summed E-state index contributed by atoms with van der Waals surface area (Å²) in [5.41, 5.74) is 2.15. The minimum atomic E-state index is -3.67.